The van der Waals surface area contributed by atoms with Crippen LogP contribution in [0.2, 0.25) is 0 Å². The van der Waals surface area contributed by atoms with Crippen molar-refractivity contribution >= 4 is 69.0 Å². The van der Waals surface area contributed by atoms with Crippen LogP contribution in [0.1, 0.15) is 0 Å². The molecule has 0 bridgehead atoms. The third kappa shape index (κ3) is 7.94. The first-order chi connectivity index (χ1) is 37.7. The van der Waals surface area contributed by atoms with Gasteiger partial charge in [0.1, 0.15) is 0 Å². The van der Waals surface area contributed by atoms with Crippen LogP contribution >= 0.6 is 11.8 Å². The molecule has 0 aromatic heterocycles. The van der Waals surface area contributed by atoms with Crippen molar-refractivity contribution in [3.8, 4) is 66.8 Å². The second-order valence-corrected chi connectivity index (χ2v) is 20.6. The van der Waals surface area contributed by atoms with Gasteiger partial charge in [0.15, 0.2) is 0 Å². The minimum Gasteiger partial charge on any atom is -0.310 e. The maximum atomic E-state index is 2.61. The van der Waals surface area contributed by atoms with Gasteiger partial charge in [-0.2, -0.15) is 0 Å². The largest absolute Gasteiger partial charge is 0.310 e. The zero-order valence-corrected chi connectivity index (χ0v) is 42.5. The van der Waals surface area contributed by atoms with E-state index in [1.54, 1.807) is 0 Å². The van der Waals surface area contributed by atoms with E-state index in [0.29, 0.717) is 0 Å². The van der Waals surface area contributed by atoms with E-state index in [1.807, 2.05) is 11.8 Å². The van der Waals surface area contributed by atoms with Gasteiger partial charge in [-0.15, -0.1) is 0 Å². The third-order valence-electron chi connectivity index (χ3n) is 15.1. The number of fused-ring (bicyclic) bond motifs is 4. The Morgan fingerprint density at radius 1 is 0.237 bits per heavy atom. The van der Waals surface area contributed by atoms with Crippen LogP contribution in [0.15, 0.2) is 307 Å². The fraction of sp³-hybridized carbons (Fsp3) is 0. The molecule has 0 fully saturated rings. The average molecular weight is 985 g/mol. The molecule has 2 aliphatic heterocycles. The monoisotopic (exact) mass is 984 g/mol. The van der Waals surface area contributed by atoms with Gasteiger partial charge in [-0.1, -0.05) is 273 Å². The van der Waals surface area contributed by atoms with Crippen LogP contribution in [0, 0.1) is 0 Å². The molecule has 12 aromatic carbocycles. The summed E-state index contributed by atoms with van der Waals surface area (Å²) in [6, 6.07) is 109. The molecule has 4 heteroatoms. The standard InChI is InChI=1S/C72H49BN2S/c1-6-24-50(25-7-1)58-34-16-17-35-59(58)55-44-46-56(47-45-55)76-57-48-68-70-69(49-57)75(72-62(53-30-12-4-13-31-53)38-23-39-63(72)54-32-14-5-15-33-54)67-43-21-19-41-65(67)73(70)64-40-18-20-42-66(64)74(68)71-60(51-26-8-2-9-27-51)36-22-37-61(71)52-28-10-3-11-29-52/h1-49H. The van der Waals surface area contributed by atoms with E-state index >= 15 is 0 Å². The predicted octanol–water partition coefficient (Wildman–Crippen LogP) is 17.9. The number of rotatable bonds is 10. The summed E-state index contributed by atoms with van der Waals surface area (Å²) < 4.78 is 0. The van der Waals surface area contributed by atoms with Crippen molar-refractivity contribution in [1.82, 2.24) is 0 Å². The van der Waals surface area contributed by atoms with Gasteiger partial charge in [0.25, 0.3) is 6.71 Å². The highest BCUT2D eigenvalue weighted by molar-refractivity contribution is 7.99. The maximum Gasteiger partial charge on any atom is 0.252 e. The van der Waals surface area contributed by atoms with Crippen molar-refractivity contribution in [2.75, 3.05) is 9.80 Å². The summed E-state index contributed by atoms with van der Waals surface area (Å²) in [5.41, 5.74) is 25.0. The Morgan fingerprint density at radius 3 is 0.921 bits per heavy atom. The van der Waals surface area contributed by atoms with E-state index in [2.05, 4.69) is 307 Å². The highest BCUT2D eigenvalue weighted by Crippen LogP contribution is 2.53. The smallest absolute Gasteiger partial charge is 0.252 e. The topological polar surface area (TPSA) is 6.48 Å². The normalized spacial score (nSPS) is 12.2. The quantitative estimate of drug-likeness (QED) is 0.126. The number of benzene rings is 12. The van der Waals surface area contributed by atoms with Crippen molar-refractivity contribution in [2.45, 2.75) is 9.79 Å². The van der Waals surface area contributed by atoms with Crippen LogP contribution in [-0.4, -0.2) is 6.71 Å². The van der Waals surface area contributed by atoms with E-state index in [0.717, 1.165) is 27.6 Å². The Hall–Kier alpha value is -9.35. The van der Waals surface area contributed by atoms with Gasteiger partial charge in [-0.3, -0.25) is 0 Å². The molecule has 2 aliphatic rings. The molecule has 356 valence electrons. The van der Waals surface area contributed by atoms with Gasteiger partial charge in [-0.05, 0) is 97.3 Å². The molecule has 0 saturated heterocycles. The van der Waals surface area contributed by atoms with Gasteiger partial charge >= 0.3 is 0 Å². The lowest BCUT2D eigenvalue weighted by Crippen LogP contribution is -2.61. The lowest BCUT2D eigenvalue weighted by Gasteiger charge is -2.45. The predicted molar refractivity (Wildman–Crippen MR) is 324 cm³/mol. The highest BCUT2D eigenvalue weighted by atomic mass is 32.2. The summed E-state index contributed by atoms with van der Waals surface area (Å²) in [7, 11) is 0. The molecule has 0 aliphatic carbocycles. The van der Waals surface area contributed by atoms with Crippen molar-refractivity contribution in [3.05, 3.63) is 297 Å². The van der Waals surface area contributed by atoms with Crippen molar-refractivity contribution in [3.63, 3.8) is 0 Å². The highest BCUT2D eigenvalue weighted by Gasteiger charge is 2.45. The van der Waals surface area contributed by atoms with Crippen LogP contribution in [0.4, 0.5) is 34.1 Å². The van der Waals surface area contributed by atoms with Crippen molar-refractivity contribution in [1.29, 1.82) is 0 Å². The molecule has 14 rings (SSSR count). The minimum absolute atomic E-state index is 0.0546. The zero-order valence-electron chi connectivity index (χ0n) is 41.7. The summed E-state index contributed by atoms with van der Waals surface area (Å²) in [6.07, 6.45) is 0. The van der Waals surface area contributed by atoms with Gasteiger partial charge in [0.2, 0.25) is 0 Å². The first kappa shape index (κ1) is 45.3. The van der Waals surface area contributed by atoms with Crippen LogP contribution in [0.5, 0.6) is 0 Å². The van der Waals surface area contributed by atoms with E-state index in [-0.39, 0.29) is 6.71 Å². The Morgan fingerprint density at radius 2 is 0.539 bits per heavy atom. The average Bonchev–Trinajstić information content (AvgIpc) is 3.68. The summed E-state index contributed by atoms with van der Waals surface area (Å²) in [6.45, 7) is -0.0546. The molecule has 0 N–H and O–H groups in total. The third-order valence-corrected chi connectivity index (χ3v) is 16.1. The SMILES string of the molecule is c1ccc(-c2ccccc2-c2ccc(Sc3cc4c5c(c3)N(c3c(-c6ccccc6)cccc3-c3ccccc3)c3ccccc3B5c3ccccc3N4c3c(-c4ccccc4)cccc3-c3ccccc3)cc2)cc1. The number of hydrogen-bond donors (Lipinski definition) is 0. The Kier molecular flexibility index (Phi) is 11.6. The Balaban J connectivity index is 1.05. The van der Waals surface area contributed by atoms with Crippen molar-refractivity contribution < 1.29 is 0 Å². The number of para-hydroxylation sites is 4. The fourth-order valence-corrected chi connectivity index (χ4v) is 12.7. The molecule has 76 heavy (non-hydrogen) atoms. The zero-order chi connectivity index (χ0) is 50.4. The van der Waals surface area contributed by atoms with Crippen LogP contribution < -0.4 is 26.2 Å². The Bertz CT molecular complexity index is 3760. The summed E-state index contributed by atoms with van der Waals surface area (Å²) in [4.78, 5) is 7.53. The molecular weight excluding hydrogens is 936 g/mol. The first-order valence-electron chi connectivity index (χ1n) is 26.1. The number of nitrogens with zero attached hydrogens (tertiary/aromatic N) is 2. The lowest BCUT2D eigenvalue weighted by molar-refractivity contribution is 1.23. The number of anilines is 6. The molecule has 0 spiro atoms. The van der Waals surface area contributed by atoms with E-state index < -0.39 is 0 Å². The number of hydrogen-bond acceptors (Lipinski definition) is 3. The second-order valence-electron chi connectivity index (χ2n) is 19.5. The van der Waals surface area contributed by atoms with Crippen LogP contribution in [0.3, 0.4) is 0 Å². The molecule has 0 radical (unpaired) electrons. The van der Waals surface area contributed by atoms with Gasteiger partial charge in [0, 0.05) is 54.8 Å². The minimum atomic E-state index is -0.0546. The summed E-state index contributed by atoms with van der Waals surface area (Å²) in [5.74, 6) is 0. The fourth-order valence-electron chi connectivity index (χ4n) is 11.8. The van der Waals surface area contributed by atoms with Crippen molar-refractivity contribution in [2.24, 2.45) is 0 Å². The van der Waals surface area contributed by atoms with Gasteiger partial charge < -0.3 is 9.80 Å². The first-order valence-corrected chi connectivity index (χ1v) is 26.9. The van der Waals surface area contributed by atoms with E-state index in [1.165, 1.54) is 99.4 Å². The van der Waals surface area contributed by atoms with Gasteiger partial charge in [-0.25, -0.2) is 0 Å². The Labute approximate surface area is 450 Å². The molecule has 0 atom stereocenters. The molecule has 0 unspecified atom stereocenters. The molecule has 2 nitrogen and oxygen atoms in total. The van der Waals surface area contributed by atoms with Crippen LogP contribution in [-0.2, 0) is 0 Å². The van der Waals surface area contributed by atoms with E-state index in [4.69, 9.17) is 0 Å². The molecular formula is C72H49BN2S. The van der Waals surface area contributed by atoms with E-state index in [9.17, 15) is 0 Å². The second kappa shape index (κ2) is 19.5. The molecule has 2 heterocycles. The maximum absolute atomic E-state index is 2.61. The van der Waals surface area contributed by atoms with Gasteiger partial charge in [0.05, 0.1) is 11.4 Å². The van der Waals surface area contributed by atoms with Crippen LogP contribution in [0.25, 0.3) is 66.8 Å². The molecule has 0 amide bonds. The summed E-state index contributed by atoms with van der Waals surface area (Å²) >= 11 is 1.83. The summed E-state index contributed by atoms with van der Waals surface area (Å²) in [5, 5.41) is 0. The molecule has 12 aromatic rings. The molecule has 0 saturated carbocycles. The lowest BCUT2D eigenvalue weighted by atomic mass is 9.33.